The number of hydrogen-bond acceptors (Lipinski definition) is 5. The number of thioether (sulfide) groups is 1. The highest BCUT2D eigenvalue weighted by Gasteiger charge is 2.36. The summed E-state index contributed by atoms with van der Waals surface area (Å²) in [6.07, 6.45) is 1.65. The first-order chi connectivity index (χ1) is 9.90. The van der Waals surface area contributed by atoms with Gasteiger partial charge in [-0.3, -0.25) is 9.59 Å². The fourth-order valence-electron chi connectivity index (χ4n) is 2.40. The summed E-state index contributed by atoms with van der Waals surface area (Å²) in [6, 6.07) is 0.237. The SMILES string of the molecule is CC(C)n1cnnc1SCC(=O)N1C[C@@H](C)[C@H](C(=O)O)C1. The topological polar surface area (TPSA) is 88.3 Å². The highest BCUT2D eigenvalue weighted by Crippen LogP contribution is 2.25. The minimum atomic E-state index is -0.829. The van der Waals surface area contributed by atoms with Crippen LogP contribution >= 0.6 is 11.8 Å². The third-order valence-corrected chi connectivity index (χ3v) is 4.65. The zero-order valence-electron chi connectivity index (χ0n) is 12.4. The van der Waals surface area contributed by atoms with Crippen molar-refractivity contribution in [2.75, 3.05) is 18.8 Å². The number of carboxylic acid groups (broad SMARTS) is 1. The number of hydrogen-bond donors (Lipinski definition) is 1. The molecule has 2 atom stereocenters. The van der Waals surface area contributed by atoms with Crippen LogP contribution in [0.2, 0.25) is 0 Å². The Hall–Kier alpha value is -1.57. The first-order valence-corrected chi connectivity index (χ1v) is 7.91. The third kappa shape index (κ3) is 3.55. The van der Waals surface area contributed by atoms with Gasteiger partial charge in [0.25, 0.3) is 0 Å². The third-order valence-electron chi connectivity index (χ3n) is 3.70. The maximum atomic E-state index is 12.2. The highest BCUT2D eigenvalue weighted by molar-refractivity contribution is 7.99. The zero-order chi connectivity index (χ0) is 15.6. The molecule has 116 valence electrons. The largest absolute Gasteiger partial charge is 0.481 e. The fourth-order valence-corrected chi connectivity index (χ4v) is 3.35. The molecule has 0 unspecified atom stereocenters. The molecule has 0 spiro atoms. The van der Waals surface area contributed by atoms with Crippen molar-refractivity contribution >= 4 is 23.6 Å². The van der Waals surface area contributed by atoms with Crippen molar-refractivity contribution < 1.29 is 14.7 Å². The number of carbonyl (C=O) groups is 2. The number of likely N-dealkylation sites (tertiary alicyclic amines) is 1. The Kier molecular flexibility index (Phi) is 4.87. The van der Waals surface area contributed by atoms with E-state index in [1.165, 1.54) is 11.8 Å². The molecule has 1 N–H and O–H groups in total. The molecule has 0 aromatic carbocycles. The van der Waals surface area contributed by atoms with Crippen LogP contribution in [0.1, 0.15) is 26.8 Å². The van der Waals surface area contributed by atoms with Crippen molar-refractivity contribution in [3.05, 3.63) is 6.33 Å². The number of carboxylic acids is 1. The van der Waals surface area contributed by atoms with Gasteiger partial charge in [0.1, 0.15) is 6.33 Å². The smallest absolute Gasteiger partial charge is 0.308 e. The molecule has 2 rings (SSSR count). The molecule has 0 saturated carbocycles. The second kappa shape index (κ2) is 6.46. The molecule has 8 heteroatoms. The number of rotatable bonds is 5. The summed E-state index contributed by atoms with van der Waals surface area (Å²) >= 11 is 1.34. The highest BCUT2D eigenvalue weighted by atomic mass is 32.2. The van der Waals surface area contributed by atoms with Crippen LogP contribution in [0.5, 0.6) is 0 Å². The molecule has 21 heavy (non-hydrogen) atoms. The average molecular weight is 312 g/mol. The van der Waals surface area contributed by atoms with E-state index >= 15 is 0 Å². The summed E-state index contributed by atoms with van der Waals surface area (Å²) in [6.45, 7) is 6.72. The van der Waals surface area contributed by atoms with E-state index in [9.17, 15) is 9.59 Å². The number of carbonyl (C=O) groups excluding carboxylic acids is 1. The summed E-state index contributed by atoms with van der Waals surface area (Å²) in [5, 5.41) is 17.7. The van der Waals surface area contributed by atoms with Gasteiger partial charge in [0.15, 0.2) is 5.16 Å². The van der Waals surface area contributed by atoms with E-state index in [0.717, 1.165) is 0 Å². The van der Waals surface area contributed by atoms with Crippen LogP contribution in [0.15, 0.2) is 11.5 Å². The standard InChI is InChI=1S/C13H20N4O3S/c1-8(2)17-7-14-15-13(17)21-6-11(18)16-4-9(3)10(5-16)12(19)20/h7-10H,4-6H2,1-3H3,(H,19,20)/t9-,10-/m1/s1. The summed E-state index contributed by atoms with van der Waals surface area (Å²) in [7, 11) is 0. The molecule has 1 saturated heterocycles. The van der Waals surface area contributed by atoms with E-state index in [-0.39, 0.29) is 23.6 Å². The van der Waals surface area contributed by atoms with Crippen LogP contribution in [0.25, 0.3) is 0 Å². The van der Waals surface area contributed by atoms with Gasteiger partial charge in [-0.1, -0.05) is 18.7 Å². The van der Waals surface area contributed by atoms with E-state index in [0.29, 0.717) is 18.2 Å². The summed E-state index contributed by atoms with van der Waals surface area (Å²) < 4.78 is 1.91. The van der Waals surface area contributed by atoms with Crippen LogP contribution < -0.4 is 0 Å². The Balaban J connectivity index is 1.91. The van der Waals surface area contributed by atoms with E-state index < -0.39 is 11.9 Å². The van der Waals surface area contributed by atoms with Crippen LogP contribution in [-0.2, 0) is 9.59 Å². The second-order valence-corrected chi connectivity index (χ2v) is 6.57. The Morgan fingerprint density at radius 3 is 2.76 bits per heavy atom. The van der Waals surface area contributed by atoms with Crippen molar-refractivity contribution in [1.29, 1.82) is 0 Å². The molecular formula is C13H20N4O3S. The van der Waals surface area contributed by atoms with E-state index in [4.69, 9.17) is 5.11 Å². The maximum absolute atomic E-state index is 12.2. The van der Waals surface area contributed by atoms with Crippen LogP contribution in [-0.4, -0.2) is 55.5 Å². The van der Waals surface area contributed by atoms with Crippen LogP contribution in [0.3, 0.4) is 0 Å². The predicted octanol–water partition coefficient (Wildman–Crippen LogP) is 1.13. The first-order valence-electron chi connectivity index (χ1n) is 6.93. The predicted molar refractivity (Wildman–Crippen MR) is 78.0 cm³/mol. The van der Waals surface area contributed by atoms with E-state index in [1.807, 2.05) is 25.3 Å². The molecule has 1 amide bonds. The Morgan fingerprint density at radius 2 is 2.19 bits per heavy atom. The molecule has 1 aromatic heterocycles. The van der Waals surface area contributed by atoms with Gasteiger partial charge in [0.05, 0.1) is 11.7 Å². The Bertz CT molecular complexity index is 531. The lowest BCUT2D eigenvalue weighted by Crippen LogP contribution is -2.31. The fraction of sp³-hybridized carbons (Fsp3) is 0.692. The summed E-state index contributed by atoms with van der Waals surface area (Å²) in [5.41, 5.74) is 0. The van der Waals surface area contributed by atoms with E-state index in [1.54, 1.807) is 11.2 Å². The van der Waals surface area contributed by atoms with Gasteiger partial charge >= 0.3 is 5.97 Å². The van der Waals surface area contributed by atoms with Crippen molar-refractivity contribution in [3.8, 4) is 0 Å². The van der Waals surface area contributed by atoms with Gasteiger partial charge in [-0.2, -0.15) is 0 Å². The molecule has 0 radical (unpaired) electrons. The molecule has 1 aliphatic heterocycles. The van der Waals surface area contributed by atoms with Crippen molar-refractivity contribution in [2.45, 2.75) is 32.0 Å². The molecule has 0 bridgehead atoms. The van der Waals surface area contributed by atoms with Crippen molar-refractivity contribution in [1.82, 2.24) is 19.7 Å². The van der Waals surface area contributed by atoms with E-state index in [2.05, 4.69) is 10.2 Å². The molecule has 7 nitrogen and oxygen atoms in total. The first kappa shape index (κ1) is 15.8. The molecule has 1 aromatic rings. The van der Waals surface area contributed by atoms with Crippen LogP contribution in [0.4, 0.5) is 0 Å². The van der Waals surface area contributed by atoms with Gasteiger partial charge < -0.3 is 14.6 Å². The molecule has 0 aliphatic carbocycles. The summed E-state index contributed by atoms with van der Waals surface area (Å²) in [5.74, 6) is -1.09. The number of aromatic nitrogens is 3. The van der Waals surface area contributed by atoms with Gasteiger partial charge in [-0.15, -0.1) is 10.2 Å². The molecule has 1 fully saturated rings. The summed E-state index contributed by atoms with van der Waals surface area (Å²) in [4.78, 5) is 24.9. The molecular weight excluding hydrogens is 292 g/mol. The van der Waals surface area contributed by atoms with Crippen LogP contribution in [0, 0.1) is 11.8 Å². The Morgan fingerprint density at radius 1 is 1.48 bits per heavy atom. The lowest BCUT2D eigenvalue weighted by atomic mass is 9.99. The number of nitrogens with zero attached hydrogens (tertiary/aromatic N) is 4. The lowest BCUT2D eigenvalue weighted by molar-refractivity contribution is -0.142. The van der Waals surface area contributed by atoms with Crippen molar-refractivity contribution in [2.24, 2.45) is 11.8 Å². The van der Waals surface area contributed by atoms with Crippen molar-refractivity contribution in [3.63, 3.8) is 0 Å². The van der Waals surface area contributed by atoms with Gasteiger partial charge in [-0.05, 0) is 19.8 Å². The monoisotopic (exact) mass is 312 g/mol. The minimum absolute atomic E-state index is 0.00392. The minimum Gasteiger partial charge on any atom is -0.481 e. The number of aliphatic carboxylic acids is 1. The molecule has 1 aliphatic rings. The quantitative estimate of drug-likeness (QED) is 0.820. The zero-order valence-corrected chi connectivity index (χ0v) is 13.2. The second-order valence-electron chi connectivity index (χ2n) is 5.62. The normalized spacial score (nSPS) is 22.0. The van der Waals surface area contributed by atoms with Gasteiger partial charge in [0.2, 0.25) is 5.91 Å². The average Bonchev–Trinajstić information content (AvgIpc) is 3.01. The maximum Gasteiger partial charge on any atom is 0.308 e. The Labute approximate surface area is 127 Å². The van der Waals surface area contributed by atoms with Gasteiger partial charge in [0, 0.05) is 19.1 Å². The van der Waals surface area contributed by atoms with Gasteiger partial charge in [-0.25, -0.2) is 0 Å². The number of amides is 1. The molecule has 2 heterocycles. The lowest BCUT2D eigenvalue weighted by Gasteiger charge is -2.16.